The molecule has 1 aliphatic heterocycles. The molecule has 6 heteroatoms. The van der Waals surface area contributed by atoms with Crippen LogP contribution in [-0.4, -0.2) is 13.2 Å². The van der Waals surface area contributed by atoms with E-state index in [0.29, 0.717) is 40.6 Å². The van der Waals surface area contributed by atoms with Crippen LogP contribution in [0.4, 0.5) is 21.5 Å². The van der Waals surface area contributed by atoms with Gasteiger partial charge in [0.2, 0.25) is 0 Å². The average Bonchev–Trinajstić information content (AvgIpc) is 2.45. The molecule has 0 fully saturated rings. The van der Waals surface area contributed by atoms with Crippen LogP contribution < -0.4 is 20.5 Å². The Bertz CT molecular complexity index is 707. The van der Waals surface area contributed by atoms with E-state index in [0.717, 1.165) is 11.3 Å². The van der Waals surface area contributed by atoms with Gasteiger partial charge in [-0.15, -0.1) is 0 Å². The van der Waals surface area contributed by atoms with Crippen molar-refractivity contribution in [2.75, 3.05) is 24.3 Å². The molecular weight excluding hydrogens is 339 g/mol. The lowest BCUT2D eigenvalue weighted by Gasteiger charge is -2.21. The fraction of sp³-hybridized carbons (Fsp3) is 0.200. The van der Waals surface area contributed by atoms with Gasteiger partial charge in [-0.2, -0.15) is 0 Å². The highest BCUT2D eigenvalue weighted by atomic mass is 79.9. The molecule has 0 aliphatic carbocycles. The van der Waals surface area contributed by atoms with Crippen LogP contribution in [0.1, 0.15) is 5.56 Å². The molecule has 0 atom stereocenters. The molecule has 0 saturated carbocycles. The third-order valence-corrected chi connectivity index (χ3v) is 3.86. The lowest BCUT2D eigenvalue weighted by Crippen LogP contribution is -2.15. The maximum atomic E-state index is 13.5. The van der Waals surface area contributed by atoms with Gasteiger partial charge in [0.05, 0.1) is 15.8 Å². The first-order valence-corrected chi connectivity index (χ1v) is 7.25. The molecule has 2 aromatic carbocycles. The Labute approximate surface area is 130 Å². The van der Waals surface area contributed by atoms with Gasteiger partial charge in [-0.3, -0.25) is 0 Å². The largest absolute Gasteiger partial charge is 0.486 e. The minimum atomic E-state index is -0.298. The summed E-state index contributed by atoms with van der Waals surface area (Å²) in [4.78, 5) is 0. The summed E-state index contributed by atoms with van der Waals surface area (Å²) in [5, 5.41) is 3.20. The first-order valence-electron chi connectivity index (χ1n) is 6.46. The third-order valence-electron chi connectivity index (χ3n) is 3.25. The highest BCUT2D eigenvalue weighted by molar-refractivity contribution is 9.10. The Balaban J connectivity index is 1.96. The summed E-state index contributed by atoms with van der Waals surface area (Å²) in [6.07, 6.45) is 0. The van der Waals surface area contributed by atoms with Gasteiger partial charge in [-0.05, 0) is 40.5 Å². The number of hydrogen-bond acceptors (Lipinski definition) is 4. The number of fused-ring (bicyclic) bond motifs is 1. The number of nitrogens with one attached hydrogen (secondary N) is 1. The smallest absolute Gasteiger partial charge is 0.163 e. The van der Waals surface area contributed by atoms with Gasteiger partial charge < -0.3 is 20.5 Å². The Morgan fingerprint density at radius 3 is 2.48 bits per heavy atom. The predicted molar refractivity (Wildman–Crippen MR) is 84.0 cm³/mol. The molecule has 0 unspecified atom stereocenters. The number of halogens is 2. The molecule has 110 valence electrons. The lowest BCUT2D eigenvalue weighted by molar-refractivity contribution is 0.172. The summed E-state index contributed by atoms with van der Waals surface area (Å²) in [5.41, 5.74) is 8.82. The van der Waals surface area contributed by atoms with Crippen LogP contribution in [0.3, 0.4) is 0 Å². The monoisotopic (exact) mass is 352 g/mol. The van der Waals surface area contributed by atoms with Crippen molar-refractivity contribution < 1.29 is 13.9 Å². The summed E-state index contributed by atoms with van der Waals surface area (Å²) in [6, 6.07) is 6.66. The molecule has 0 radical (unpaired) electrons. The number of benzene rings is 2. The predicted octanol–water partition coefficient (Wildman–Crippen LogP) is 3.99. The maximum absolute atomic E-state index is 13.5. The SMILES string of the molecule is Cc1cc(F)c(Br)cc1Nc1cc2c(cc1N)OCCO2. The van der Waals surface area contributed by atoms with Crippen molar-refractivity contribution in [3.63, 3.8) is 0 Å². The fourth-order valence-corrected chi connectivity index (χ4v) is 2.48. The molecule has 0 aromatic heterocycles. The summed E-state index contributed by atoms with van der Waals surface area (Å²) < 4.78 is 24.9. The zero-order valence-corrected chi connectivity index (χ0v) is 13.0. The molecule has 21 heavy (non-hydrogen) atoms. The second-order valence-electron chi connectivity index (χ2n) is 4.79. The van der Waals surface area contributed by atoms with Crippen molar-refractivity contribution in [3.05, 3.63) is 40.1 Å². The van der Waals surface area contributed by atoms with Crippen molar-refractivity contribution >= 4 is 33.0 Å². The highest BCUT2D eigenvalue weighted by Gasteiger charge is 2.15. The molecule has 0 bridgehead atoms. The van der Waals surface area contributed by atoms with Crippen LogP contribution in [0.15, 0.2) is 28.7 Å². The van der Waals surface area contributed by atoms with Crippen LogP contribution in [0, 0.1) is 12.7 Å². The van der Waals surface area contributed by atoms with E-state index in [4.69, 9.17) is 15.2 Å². The molecule has 4 nitrogen and oxygen atoms in total. The van der Waals surface area contributed by atoms with Gasteiger partial charge in [-0.25, -0.2) is 4.39 Å². The normalized spacial score (nSPS) is 13.1. The van der Waals surface area contributed by atoms with Crippen molar-refractivity contribution in [1.82, 2.24) is 0 Å². The van der Waals surface area contributed by atoms with Crippen LogP contribution in [0.25, 0.3) is 0 Å². The van der Waals surface area contributed by atoms with Crippen LogP contribution in [0.2, 0.25) is 0 Å². The van der Waals surface area contributed by atoms with Crippen molar-refractivity contribution in [1.29, 1.82) is 0 Å². The number of anilines is 3. The molecule has 2 aromatic rings. The lowest BCUT2D eigenvalue weighted by atomic mass is 10.1. The highest BCUT2D eigenvalue weighted by Crippen LogP contribution is 2.38. The minimum Gasteiger partial charge on any atom is -0.486 e. The average molecular weight is 353 g/mol. The first-order chi connectivity index (χ1) is 10.0. The van der Waals surface area contributed by atoms with E-state index in [9.17, 15) is 4.39 Å². The van der Waals surface area contributed by atoms with E-state index >= 15 is 0 Å². The Morgan fingerprint density at radius 2 is 1.76 bits per heavy atom. The Hall–Kier alpha value is -1.95. The zero-order valence-electron chi connectivity index (χ0n) is 11.4. The molecule has 1 heterocycles. The van der Waals surface area contributed by atoms with Crippen LogP contribution in [0.5, 0.6) is 11.5 Å². The topological polar surface area (TPSA) is 56.5 Å². The number of nitrogens with two attached hydrogens (primary N) is 1. The fourth-order valence-electron chi connectivity index (χ4n) is 2.14. The molecule has 0 amide bonds. The van der Waals surface area contributed by atoms with Gasteiger partial charge >= 0.3 is 0 Å². The molecular formula is C15H14BrFN2O2. The second-order valence-corrected chi connectivity index (χ2v) is 5.64. The van der Waals surface area contributed by atoms with Gasteiger partial charge in [-0.1, -0.05) is 0 Å². The van der Waals surface area contributed by atoms with Crippen molar-refractivity contribution in [3.8, 4) is 11.5 Å². The first kappa shape index (κ1) is 14.0. The number of rotatable bonds is 2. The summed E-state index contributed by atoms with van der Waals surface area (Å²) in [6.45, 7) is 2.85. The summed E-state index contributed by atoms with van der Waals surface area (Å²) in [7, 11) is 0. The van der Waals surface area contributed by atoms with Gasteiger partial charge in [0.25, 0.3) is 0 Å². The van der Waals surface area contributed by atoms with Crippen molar-refractivity contribution in [2.45, 2.75) is 6.92 Å². The number of aryl methyl sites for hydroxylation is 1. The minimum absolute atomic E-state index is 0.298. The molecule has 0 saturated heterocycles. The van der Waals surface area contributed by atoms with Gasteiger partial charge in [0.15, 0.2) is 11.5 Å². The van der Waals surface area contributed by atoms with Gasteiger partial charge in [0.1, 0.15) is 19.0 Å². The number of ether oxygens (including phenoxy) is 2. The zero-order chi connectivity index (χ0) is 15.0. The number of nitrogen functional groups attached to an aromatic ring is 1. The van der Waals surface area contributed by atoms with E-state index < -0.39 is 0 Å². The van der Waals surface area contributed by atoms with Crippen LogP contribution >= 0.6 is 15.9 Å². The quantitative estimate of drug-likeness (QED) is 0.802. The summed E-state index contributed by atoms with van der Waals surface area (Å²) in [5.74, 6) is 0.992. The van der Waals surface area contributed by atoms with E-state index in [1.54, 1.807) is 18.2 Å². The molecule has 0 spiro atoms. The Kier molecular flexibility index (Phi) is 3.63. The molecule has 3 N–H and O–H groups in total. The third kappa shape index (κ3) is 2.76. The standard InChI is InChI=1S/C15H14BrFN2O2/c1-8-4-10(17)9(16)5-12(8)19-13-7-15-14(6-11(13)18)20-2-3-21-15/h4-7,19H,2-3,18H2,1H3. The van der Waals surface area contributed by atoms with Gasteiger partial charge in [0, 0.05) is 17.8 Å². The second kappa shape index (κ2) is 5.44. The number of hydrogen-bond donors (Lipinski definition) is 2. The van der Waals surface area contributed by atoms with E-state index in [1.807, 2.05) is 6.92 Å². The maximum Gasteiger partial charge on any atom is 0.163 e. The Morgan fingerprint density at radius 1 is 1.10 bits per heavy atom. The van der Waals surface area contributed by atoms with E-state index in [-0.39, 0.29) is 5.82 Å². The van der Waals surface area contributed by atoms with Crippen molar-refractivity contribution in [2.24, 2.45) is 0 Å². The van der Waals surface area contributed by atoms with Crippen LogP contribution in [-0.2, 0) is 0 Å². The van der Waals surface area contributed by atoms with E-state index in [1.165, 1.54) is 6.07 Å². The molecule has 1 aliphatic rings. The molecule has 3 rings (SSSR count). The van der Waals surface area contributed by atoms with E-state index in [2.05, 4.69) is 21.2 Å². The summed E-state index contributed by atoms with van der Waals surface area (Å²) >= 11 is 3.18.